The number of aliphatic hydroxyl groups is 1. The lowest BCUT2D eigenvalue weighted by molar-refractivity contribution is 0.0734. The van der Waals surface area contributed by atoms with Crippen LogP contribution in [-0.2, 0) is 10.0 Å². The van der Waals surface area contributed by atoms with Crippen LogP contribution in [0.2, 0.25) is 0 Å². The summed E-state index contributed by atoms with van der Waals surface area (Å²) in [6.07, 6.45) is 1.64. The summed E-state index contributed by atoms with van der Waals surface area (Å²) in [5.41, 5.74) is 0. The number of hydrogen-bond donors (Lipinski definition) is 1. The second-order valence-electron chi connectivity index (χ2n) is 5.87. The molecule has 8 heteroatoms. The Bertz CT molecular complexity index is 691. The van der Waals surface area contributed by atoms with Crippen molar-refractivity contribution in [3.05, 3.63) is 29.6 Å². The Hall–Kier alpha value is -1.12. The maximum absolute atomic E-state index is 13.9. The van der Waals surface area contributed by atoms with Gasteiger partial charge in [-0.1, -0.05) is 0 Å². The number of sulfonamides is 1. The molecule has 1 aromatic carbocycles. The van der Waals surface area contributed by atoms with Gasteiger partial charge >= 0.3 is 0 Å². The van der Waals surface area contributed by atoms with Gasteiger partial charge in [-0.2, -0.15) is 4.31 Å². The van der Waals surface area contributed by atoms with E-state index in [1.165, 1.54) is 0 Å². The van der Waals surface area contributed by atoms with Crippen LogP contribution in [0.1, 0.15) is 25.7 Å². The Morgan fingerprint density at radius 3 is 2.41 bits per heavy atom. The van der Waals surface area contributed by atoms with Crippen molar-refractivity contribution >= 4 is 10.0 Å². The molecule has 4 nitrogen and oxygen atoms in total. The normalized spacial score (nSPS) is 27.1. The molecule has 0 aromatic heterocycles. The minimum absolute atomic E-state index is 0.0447. The van der Waals surface area contributed by atoms with E-state index in [0.717, 1.165) is 23.2 Å². The quantitative estimate of drug-likeness (QED) is 0.860. The Labute approximate surface area is 126 Å². The Kier molecular flexibility index (Phi) is 3.94. The third-order valence-corrected chi connectivity index (χ3v) is 6.26. The molecule has 1 saturated carbocycles. The van der Waals surface area contributed by atoms with Gasteiger partial charge in [-0.25, -0.2) is 21.6 Å². The number of piperidine rings is 1. The molecule has 2 aliphatic rings. The number of aliphatic hydroxyl groups excluding tert-OH is 1. The van der Waals surface area contributed by atoms with Crippen LogP contribution >= 0.6 is 0 Å². The van der Waals surface area contributed by atoms with Gasteiger partial charge in [0.1, 0.15) is 4.90 Å². The predicted molar refractivity (Wildman–Crippen MR) is 72.0 cm³/mol. The summed E-state index contributed by atoms with van der Waals surface area (Å²) in [6, 6.07) is 0.940. The standard InChI is InChI=1S/C14H16F3NO3S/c15-10-3-4-12(14(17)13(10)16)22(20,21)18-6-5-9(19)7-11(18)8-1-2-8/h3-4,8-9,11,19H,1-2,5-7H2/t9-,11-/m1/s1. The van der Waals surface area contributed by atoms with Gasteiger partial charge in [0, 0.05) is 12.6 Å². The smallest absolute Gasteiger partial charge is 0.246 e. The minimum atomic E-state index is -4.27. The highest BCUT2D eigenvalue weighted by atomic mass is 32.2. The summed E-state index contributed by atoms with van der Waals surface area (Å²) in [5.74, 6) is -4.77. The number of halogens is 3. The monoisotopic (exact) mass is 335 g/mol. The zero-order valence-corrected chi connectivity index (χ0v) is 12.5. The molecule has 122 valence electrons. The Morgan fingerprint density at radius 1 is 1.09 bits per heavy atom. The first-order valence-electron chi connectivity index (χ1n) is 7.15. The number of nitrogens with zero attached hydrogens (tertiary/aromatic N) is 1. The van der Waals surface area contributed by atoms with Crippen LogP contribution < -0.4 is 0 Å². The van der Waals surface area contributed by atoms with Crippen LogP contribution in [0.25, 0.3) is 0 Å². The van der Waals surface area contributed by atoms with Crippen molar-refractivity contribution in [1.29, 1.82) is 0 Å². The molecule has 0 amide bonds. The van der Waals surface area contributed by atoms with E-state index in [0.29, 0.717) is 6.07 Å². The molecule has 2 fully saturated rings. The third-order valence-electron chi connectivity index (χ3n) is 4.32. The fraction of sp³-hybridized carbons (Fsp3) is 0.571. The van der Waals surface area contributed by atoms with Crippen LogP contribution in [0.15, 0.2) is 17.0 Å². The molecule has 0 spiro atoms. The molecule has 0 unspecified atom stereocenters. The highest BCUT2D eigenvalue weighted by Crippen LogP contribution is 2.41. The first-order chi connectivity index (χ1) is 10.3. The molecule has 3 rings (SSSR count). The number of hydrogen-bond acceptors (Lipinski definition) is 3. The van der Waals surface area contributed by atoms with Crippen LogP contribution in [0.3, 0.4) is 0 Å². The van der Waals surface area contributed by atoms with E-state index in [1.54, 1.807) is 0 Å². The zero-order chi connectivity index (χ0) is 16.1. The fourth-order valence-electron chi connectivity index (χ4n) is 3.00. The Morgan fingerprint density at radius 2 is 1.77 bits per heavy atom. The van der Waals surface area contributed by atoms with E-state index in [-0.39, 0.29) is 25.3 Å². The lowest BCUT2D eigenvalue weighted by Gasteiger charge is -2.37. The van der Waals surface area contributed by atoms with Crippen molar-refractivity contribution in [2.75, 3.05) is 6.54 Å². The summed E-state index contributed by atoms with van der Waals surface area (Å²) in [4.78, 5) is -0.853. The van der Waals surface area contributed by atoms with E-state index in [9.17, 15) is 26.7 Å². The van der Waals surface area contributed by atoms with Gasteiger partial charge < -0.3 is 5.11 Å². The average molecular weight is 335 g/mol. The Balaban J connectivity index is 2.00. The van der Waals surface area contributed by atoms with Gasteiger partial charge in [0.05, 0.1) is 6.10 Å². The zero-order valence-electron chi connectivity index (χ0n) is 11.7. The van der Waals surface area contributed by atoms with Crippen molar-refractivity contribution in [2.24, 2.45) is 5.92 Å². The van der Waals surface area contributed by atoms with E-state index >= 15 is 0 Å². The molecule has 0 bridgehead atoms. The highest BCUT2D eigenvalue weighted by Gasteiger charge is 2.45. The fourth-order valence-corrected chi connectivity index (χ4v) is 4.77. The second kappa shape index (κ2) is 5.50. The molecular weight excluding hydrogens is 319 g/mol. The van der Waals surface area contributed by atoms with Gasteiger partial charge in [-0.3, -0.25) is 0 Å². The number of rotatable bonds is 3. The molecule has 1 heterocycles. The predicted octanol–water partition coefficient (Wildman–Crippen LogP) is 2.03. The highest BCUT2D eigenvalue weighted by molar-refractivity contribution is 7.89. The van der Waals surface area contributed by atoms with E-state index in [4.69, 9.17) is 0 Å². The summed E-state index contributed by atoms with van der Waals surface area (Å²) in [6.45, 7) is 0.0447. The molecule has 1 N–H and O–H groups in total. The average Bonchev–Trinajstić information content (AvgIpc) is 3.28. The van der Waals surface area contributed by atoms with E-state index < -0.39 is 44.5 Å². The van der Waals surface area contributed by atoms with Crippen LogP contribution in [0, 0.1) is 23.4 Å². The van der Waals surface area contributed by atoms with Crippen molar-refractivity contribution in [2.45, 2.75) is 42.7 Å². The molecule has 1 aromatic rings. The first-order valence-corrected chi connectivity index (χ1v) is 8.59. The van der Waals surface area contributed by atoms with Crippen molar-refractivity contribution in [3.63, 3.8) is 0 Å². The van der Waals surface area contributed by atoms with Crippen molar-refractivity contribution in [1.82, 2.24) is 4.31 Å². The van der Waals surface area contributed by atoms with Crippen LogP contribution in [0.5, 0.6) is 0 Å². The molecule has 22 heavy (non-hydrogen) atoms. The van der Waals surface area contributed by atoms with Gasteiger partial charge in [0.25, 0.3) is 0 Å². The first kappa shape index (κ1) is 15.8. The lowest BCUT2D eigenvalue weighted by atomic mass is 9.98. The van der Waals surface area contributed by atoms with E-state index in [1.807, 2.05) is 0 Å². The third kappa shape index (κ3) is 2.63. The summed E-state index contributed by atoms with van der Waals surface area (Å²) in [5, 5.41) is 9.74. The molecular formula is C14H16F3NO3S. The van der Waals surface area contributed by atoms with Crippen molar-refractivity contribution < 1.29 is 26.7 Å². The molecule has 2 atom stereocenters. The van der Waals surface area contributed by atoms with Gasteiger partial charge in [0.15, 0.2) is 17.5 Å². The van der Waals surface area contributed by atoms with Crippen LogP contribution in [0.4, 0.5) is 13.2 Å². The van der Waals surface area contributed by atoms with Crippen molar-refractivity contribution in [3.8, 4) is 0 Å². The summed E-state index contributed by atoms with van der Waals surface area (Å²) < 4.78 is 66.6. The molecule has 1 saturated heterocycles. The van der Waals surface area contributed by atoms with Gasteiger partial charge in [-0.05, 0) is 43.7 Å². The maximum atomic E-state index is 13.9. The lowest BCUT2D eigenvalue weighted by Crippen LogP contribution is -2.48. The van der Waals surface area contributed by atoms with Gasteiger partial charge in [0.2, 0.25) is 10.0 Å². The SMILES string of the molecule is O=S(=O)(c1ccc(F)c(F)c1F)N1CC[C@@H](O)C[C@@H]1C1CC1. The number of benzene rings is 1. The van der Waals surface area contributed by atoms with E-state index in [2.05, 4.69) is 0 Å². The topological polar surface area (TPSA) is 57.6 Å². The molecule has 1 aliphatic heterocycles. The maximum Gasteiger partial charge on any atom is 0.246 e. The van der Waals surface area contributed by atoms with Gasteiger partial charge in [-0.15, -0.1) is 0 Å². The molecule has 0 radical (unpaired) electrons. The minimum Gasteiger partial charge on any atom is -0.393 e. The molecule has 1 aliphatic carbocycles. The second-order valence-corrected chi connectivity index (χ2v) is 7.73. The van der Waals surface area contributed by atoms with Crippen LogP contribution in [-0.4, -0.2) is 36.5 Å². The summed E-state index contributed by atoms with van der Waals surface area (Å²) in [7, 11) is -4.27. The largest absolute Gasteiger partial charge is 0.393 e. The summed E-state index contributed by atoms with van der Waals surface area (Å²) >= 11 is 0.